The van der Waals surface area contributed by atoms with Crippen LogP contribution in [0.15, 0.2) is 102 Å². The maximum absolute atomic E-state index is 14.1. The maximum atomic E-state index is 14.1. The molecule has 0 saturated carbocycles. The average Bonchev–Trinajstić information content (AvgIpc) is 3.55. The Bertz CT molecular complexity index is 1750. The fourth-order valence-corrected chi connectivity index (χ4v) is 6.24. The first-order valence-corrected chi connectivity index (χ1v) is 16.5. The van der Waals surface area contributed by atoms with Crippen molar-refractivity contribution in [3.05, 3.63) is 119 Å². The van der Waals surface area contributed by atoms with Crippen molar-refractivity contribution >= 4 is 21.8 Å². The molecule has 0 spiro atoms. The van der Waals surface area contributed by atoms with Crippen molar-refractivity contribution in [3.63, 3.8) is 0 Å². The van der Waals surface area contributed by atoms with Crippen molar-refractivity contribution in [2.45, 2.75) is 43.8 Å². The predicted molar refractivity (Wildman–Crippen MR) is 173 cm³/mol. The molecule has 1 atom stereocenters. The van der Waals surface area contributed by atoms with E-state index in [9.17, 15) is 18.0 Å². The standard InChI is InChI=1S/C35H37N3O7S/c1-3-37-46(41,42)30-17-11-25(12-18-30)14-20-33(39)38(23-26-9-15-29(43-2)16-10-26)34(28-7-5-4-6-8-28)35(40)36-22-27-13-19-31-32(21-27)45-24-44-31/h4-13,15-19,21,34,37H,3,14,20,22-24H2,1-2H3,(H,36,40). The van der Waals surface area contributed by atoms with Gasteiger partial charge in [-0.25, -0.2) is 13.1 Å². The number of benzene rings is 4. The highest BCUT2D eigenvalue weighted by Gasteiger charge is 2.31. The molecule has 0 radical (unpaired) electrons. The zero-order chi connectivity index (χ0) is 32.5. The molecule has 1 aliphatic rings. The minimum Gasteiger partial charge on any atom is -0.497 e. The first-order chi connectivity index (χ1) is 22.3. The molecule has 4 aromatic carbocycles. The third-order valence-electron chi connectivity index (χ3n) is 7.61. The van der Waals surface area contributed by atoms with Crippen LogP contribution in [0, 0.1) is 0 Å². The van der Waals surface area contributed by atoms with E-state index in [2.05, 4.69) is 10.0 Å². The number of carbonyl (C=O) groups excluding carboxylic acids is 2. The van der Waals surface area contributed by atoms with E-state index >= 15 is 0 Å². The zero-order valence-electron chi connectivity index (χ0n) is 25.8. The number of methoxy groups -OCH3 is 1. The van der Waals surface area contributed by atoms with Gasteiger partial charge in [-0.15, -0.1) is 0 Å². The molecule has 1 aliphatic heterocycles. The molecule has 2 amide bonds. The van der Waals surface area contributed by atoms with Gasteiger partial charge in [-0.05, 0) is 65.1 Å². The van der Waals surface area contributed by atoms with Gasteiger partial charge in [0, 0.05) is 26.1 Å². The molecule has 10 nitrogen and oxygen atoms in total. The number of nitrogens with one attached hydrogen (secondary N) is 2. The number of fused-ring (bicyclic) bond motifs is 1. The topological polar surface area (TPSA) is 123 Å². The summed E-state index contributed by atoms with van der Waals surface area (Å²) in [5, 5.41) is 3.02. The van der Waals surface area contributed by atoms with Gasteiger partial charge in [0.05, 0.1) is 12.0 Å². The smallest absolute Gasteiger partial charge is 0.247 e. The molecule has 1 heterocycles. The van der Waals surface area contributed by atoms with E-state index in [1.165, 1.54) is 12.1 Å². The average molecular weight is 644 g/mol. The highest BCUT2D eigenvalue weighted by atomic mass is 32.2. The lowest BCUT2D eigenvalue weighted by atomic mass is 10.0. The van der Waals surface area contributed by atoms with Gasteiger partial charge in [-0.1, -0.05) is 67.6 Å². The maximum Gasteiger partial charge on any atom is 0.247 e. The van der Waals surface area contributed by atoms with Gasteiger partial charge in [0.15, 0.2) is 11.5 Å². The van der Waals surface area contributed by atoms with E-state index in [4.69, 9.17) is 14.2 Å². The second-order valence-corrected chi connectivity index (χ2v) is 12.5. The number of carbonyl (C=O) groups is 2. The van der Waals surface area contributed by atoms with Gasteiger partial charge in [0.1, 0.15) is 11.8 Å². The Morgan fingerprint density at radius 3 is 2.24 bits per heavy atom. The summed E-state index contributed by atoms with van der Waals surface area (Å²) in [5.74, 6) is 1.40. The Labute approximate surface area is 269 Å². The monoisotopic (exact) mass is 643 g/mol. The van der Waals surface area contributed by atoms with Crippen LogP contribution in [-0.2, 0) is 39.1 Å². The summed E-state index contributed by atoms with van der Waals surface area (Å²) in [5.41, 5.74) is 3.14. The molecule has 0 aromatic heterocycles. The van der Waals surface area contributed by atoms with Gasteiger partial charge in [-0.2, -0.15) is 0 Å². The lowest BCUT2D eigenvalue weighted by molar-refractivity contribution is -0.141. The lowest BCUT2D eigenvalue weighted by Gasteiger charge is -2.32. The van der Waals surface area contributed by atoms with E-state index < -0.39 is 16.1 Å². The van der Waals surface area contributed by atoms with Crippen LogP contribution in [0.5, 0.6) is 17.2 Å². The first-order valence-electron chi connectivity index (χ1n) is 15.0. The number of hydrogen-bond donors (Lipinski definition) is 2. The molecule has 0 fully saturated rings. The zero-order valence-corrected chi connectivity index (χ0v) is 26.6. The van der Waals surface area contributed by atoms with E-state index in [0.29, 0.717) is 29.2 Å². The molecule has 2 N–H and O–H groups in total. The van der Waals surface area contributed by atoms with Gasteiger partial charge in [0.25, 0.3) is 0 Å². The molecule has 1 unspecified atom stereocenters. The van der Waals surface area contributed by atoms with Crippen LogP contribution in [0.1, 0.15) is 41.6 Å². The SMILES string of the molecule is CCNS(=O)(=O)c1ccc(CCC(=O)N(Cc2ccc(OC)cc2)C(C(=O)NCc2ccc3c(c2)OCO3)c2ccccc2)cc1. The van der Waals surface area contributed by atoms with E-state index in [0.717, 1.165) is 16.7 Å². The summed E-state index contributed by atoms with van der Waals surface area (Å²) >= 11 is 0. The molecular weight excluding hydrogens is 606 g/mol. The van der Waals surface area contributed by atoms with Crippen molar-refractivity contribution in [2.75, 3.05) is 20.4 Å². The van der Waals surface area contributed by atoms with Crippen LogP contribution in [0.4, 0.5) is 0 Å². The van der Waals surface area contributed by atoms with Crippen LogP contribution in [-0.4, -0.2) is 45.6 Å². The van der Waals surface area contributed by atoms with Gasteiger partial charge in [-0.3, -0.25) is 9.59 Å². The van der Waals surface area contributed by atoms with Crippen molar-refractivity contribution in [1.82, 2.24) is 14.9 Å². The Kier molecular flexibility index (Phi) is 10.6. The summed E-state index contributed by atoms with van der Waals surface area (Å²) < 4.78 is 43.4. The Balaban J connectivity index is 1.39. The summed E-state index contributed by atoms with van der Waals surface area (Å²) in [6.45, 7) is 2.57. The van der Waals surface area contributed by atoms with E-state index in [1.54, 1.807) is 37.1 Å². The van der Waals surface area contributed by atoms with Gasteiger partial charge >= 0.3 is 0 Å². The molecule has 240 valence electrons. The summed E-state index contributed by atoms with van der Waals surface area (Å²) in [4.78, 5) is 29.8. The summed E-state index contributed by atoms with van der Waals surface area (Å²) in [6, 6.07) is 27.6. The number of amides is 2. The highest BCUT2D eigenvalue weighted by Crippen LogP contribution is 2.33. The van der Waals surface area contributed by atoms with Crippen molar-refractivity contribution in [2.24, 2.45) is 0 Å². The van der Waals surface area contributed by atoms with E-state index in [1.807, 2.05) is 66.7 Å². The van der Waals surface area contributed by atoms with Gasteiger partial charge < -0.3 is 24.4 Å². The molecule has 4 aromatic rings. The quantitative estimate of drug-likeness (QED) is 0.204. The molecule has 0 bridgehead atoms. The lowest BCUT2D eigenvalue weighted by Crippen LogP contribution is -2.43. The minimum absolute atomic E-state index is 0.105. The van der Waals surface area contributed by atoms with Crippen molar-refractivity contribution in [1.29, 1.82) is 0 Å². The third kappa shape index (κ3) is 8.04. The molecule has 5 rings (SSSR count). The number of nitrogens with zero attached hydrogens (tertiary/aromatic N) is 1. The fourth-order valence-electron chi connectivity index (χ4n) is 5.20. The number of sulfonamides is 1. The Hall–Kier alpha value is -4.87. The molecule has 0 aliphatic carbocycles. The minimum atomic E-state index is -3.58. The summed E-state index contributed by atoms with van der Waals surface area (Å²) in [7, 11) is -2.00. The molecular formula is C35H37N3O7S. The van der Waals surface area contributed by atoms with Crippen LogP contribution in [0.2, 0.25) is 0 Å². The van der Waals surface area contributed by atoms with Crippen LogP contribution < -0.4 is 24.2 Å². The first kappa shape index (κ1) is 32.5. The van der Waals surface area contributed by atoms with Crippen molar-refractivity contribution in [3.8, 4) is 17.2 Å². The number of aryl methyl sites for hydroxylation is 1. The highest BCUT2D eigenvalue weighted by molar-refractivity contribution is 7.89. The number of hydrogen-bond acceptors (Lipinski definition) is 7. The van der Waals surface area contributed by atoms with Crippen LogP contribution >= 0.6 is 0 Å². The number of rotatable bonds is 14. The Morgan fingerprint density at radius 2 is 1.54 bits per heavy atom. The van der Waals surface area contributed by atoms with Crippen LogP contribution in [0.3, 0.4) is 0 Å². The number of ether oxygens (including phenoxy) is 3. The second-order valence-electron chi connectivity index (χ2n) is 10.7. The van der Waals surface area contributed by atoms with Gasteiger partial charge in [0.2, 0.25) is 28.6 Å². The normalized spacial score (nSPS) is 12.7. The molecule has 11 heteroatoms. The Morgan fingerprint density at radius 1 is 0.870 bits per heavy atom. The molecule has 46 heavy (non-hydrogen) atoms. The summed E-state index contributed by atoms with van der Waals surface area (Å²) in [6.07, 6.45) is 0.466. The van der Waals surface area contributed by atoms with Crippen LogP contribution in [0.25, 0.3) is 0 Å². The third-order valence-corrected chi connectivity index (χ3v) is 9.17. The predicted octanol–water partition coefficient (Wildman–Crippen LogP) is 4.74. The van der Waals surface area contributed by atoms with E-state index in [-0.39, 0.29) is 49.6 Å². The second kappa shape index (κ2) is 14.9. The largest absolute Gasteiger partial charge is 0.497 e. The fraction of sp³-hybridized carbons (Fsp3) is 0.257. The van der Waals surface area contributed by atoms with Crippen molar-refractivity contribution < 1.29 is 32.2 Å². The molecule has 0 saturated heterocycles.